The van der Waals surface area contributed by atoms with Gasteiger partial charge in [0.25, 0.3) is 0 Å². The predicted molar refractivity (Wildman–Crippen MR) is 245 cm³/mol. The fraction of sp³-hybridized carbons (Fsp3) is 0.0392. The van der Waals surface area contributed by atoms with E-state index in [1.807, 2.05) is 24.3 Å². The van der Waals surface area contributed by atoms with Crippen LogP contribution in [0, 0.1) is 5.41 Å². The summed E-state index contributed by atoms with van der Waals surface area (Å²) in [4.78, 5) is 0. The van der Waals surface area contributed by atoms with E-state index in [0.717, 1.165) is 50.5 Å². The van der Waals surface area contributed by atoms with Gasteiger partial charge in [-0.05, 0) is 81.8 Å². The largest absolute Gasteiger partial charge is 0.504 e. The lowest BCUT2D eigenvalue weighted by molar-refractivity contribution is 0.327. The normalized spacial score (nSPS) is 12.4. The molecule has 2 heterocycles. The SMILES string of the molecule is C=C/C(=C\C=C(/C)c1c(O)c(O)c(O)c(O)c1O)c1ccc(-c2ccc3sc4cccc(C(c5ccccc5)c5cccc6oc7ccccc7c56)c4c3c2)cc1.N=CN. The van der Waals surface area contributed by atoms with E-state index in [4.69, 9.17) is 9.83 Å². The van der Waals surface area contributed by atoms with Crippen molar-refractivity contribution in [1.82, 2.24) is 0 Å². The van der Waals surface area contributed by atoms with Crippen molar-refractivity contribution in [2.24, 2.45) is 5.73 Å². The Morgan fingerprint density at radius 1 is 0.633 bits per heavy atom. The van der Waals surface area contributed by atoms with Gasteiger partial charge in [-0.15, -0.1) is 11.3 Å². The number of furan rings is 1. The topological polar surface area (TPSA) is 164 Å². The van der Waals surface area contributed by atoms with E-state index in [0.29, 0.717) is 5.57 Å². The van der Waals surface area contributed by atoms with Crippen molar-refractivity contribution < 1.29 is 29.9 Å². The molecule has 1 atom stereocenters. The summed E-state index contributed by atoms with van der Waals surface area (Å²) in [7, 11) is 0. The molecule has 0 radical (unpaired) electrons. The van der Waals surface area contributed by atoms with E-state index in [9.17, 15) is 25.5 Å². The summed E-state index contributed by atoms with van der Waals surface area (Å²) in [6, 6.07) is 46.8. The molecule has 1 unspecified atom stereocenters. The highest BCUT2D eigenvalue weighted by molar-refractivity contribution is 7.25. The van der Waals surface area contributed by atoms with Crippen molar-refractivity contribution in [3.63, 3.8) is 0 Å². The van der Waals surface area contributed by atoms with Crippen molar-refractivity contribution in [3.05, 3.63) is 186 Å². The van der Waals surface area contributed by atoms with Crippen LogP contribution in [0.15, 0.2) is 163 Å². The molecular formula is C51H40N2O6S. The molecule has 9 heteroatoms. The number of thiophene rings is 1. The summed E-state index contributed by atoms with van der Waals surface area (Å²) >= 11 is 1.80. The molecule has 0 amide bonds. The molecule has 0 bridgehead atoms. The van der Waals surface area contributed by atoms with E-state index < -0.39 is 28.7 Å². The number of hydrogen-bond acceptors (Lipinski definition) is 8. The Bertz CT molecular complexity index is 3130. The number of phenols is 5. The molecule has 0 fully saturated rings. The highest BCUT2D eigenvalue weighted by Crippen LogP contribution is 2.53. The summed E-state index contributed by atoms with van der Waals surface area (Å²) in [6.07, 6.45) is 5.84. The second-order valence-electron chi connectivity index (χ2n) is 14.2. The summed E-state index contributed by atoms with van der Waals surface area (Å²) in [5, 5.41) is 61.1. The van der Waals surface area contributed by atoms with Crippen LogP contribution in [0.1, 0.15) is 40.7 Å². The Hall–Kier alpha value is -7.75. The summed E-state index contributed by atoms with van der Waals surface area (Å²) in [5.41, 5.74) is 13.7. The Kier molecular flexibility index (Phi) is 10.6. The van der Waals surface area contributed by atoms with Gasteiger partial charge in [-0.1, -0.05) is 128 Å². The van der Waals surface area contributed by atoms with Crippen LogP contribution in [0.2, 0.25) is 0 Å². The predicted octanol–water partition coefficient (Wildman–Crippen LogP) is 12.6. The second-order valence-corrected chi connectivity index (χ2v) is 15.3. The first-order chi connectivity index (χ1) is 29.1. The number of aromatic hydroxyl groups is 5. The first-order valence-electron chi connectivity index (χ1n) is 19.1. The highest BCUT2D eigenvalue weighted by Gasteiger charge is 2.26. The van der Waals surface area contributed by atoms with Gasteiger partial charge in [0.05, 0.1) is 11.9 Å². The summed E-state index contributed by atoms with van der Waals surface area (Å²) in [6.45, 7) is 5.58. The summed E-state index contributed by atoms with van der Waals surface area (Å²) in [5.74, 6) is -4.37. The minimum Gasteiger partial charge on any atom is -0.504 e. The van der Waals surface area contributed by atoms with E-state index in [1.54, 1.807) is 36.5 Å². The average Bonchev–Trinajstić information content (AvgIpc) is 3.85. The van der Waals surface area contributed by atoms with Crippen LogP contribution in [0.4, 0.5) is 0 Å². The number of nitrogens with two attached hydrogens (primary N) is 1. The number of phenolic OH excluding ortho intramolecular Hbond substituents is 5. The number of allylic oxidation sites excluding steroid dienone is 5. The van der Waals surface area contributed by atoms with Crippen LogP contribution in [-0.4, -0.2) is 31.9 Å². The highest BCUT2D eigenvalue weighted by atomic mass is 32.1. The number of fused-ring (bicyclic) bond motifs is 6. The zero-order valence-electron chi connectivity index (χ0n) is 32.4. The first kappa shape index (κ1) is 39.1. The average molecular weight is 809 g/mol. The van der Waals surface area contributed by atoms with E-state index in [-0.39, 0.29) is 11.5 Å². The van der Waals surface area contributed by atoms with Gasteiger partial charge < -0.3 is 35.7 Å². The van der Waals surface area contributed by atoms with Crippen molar-refractivity contribution >= 4 is 70.9 Å². The van der Waals surface area contributed by atoms with Crippen molar-refractivity contribution in [3.8, 4) is 39.9 Å². The van der Waals surface area contributed by atoms with Crippen LogP contribution in [0.5, 0.6) is 28.7 Å². The molecule has 7 aromatic carbocycles. The Morgan fingerprint density at radius 2 is 1.23 bits per heavy atom. The Morgan fingerprint density at radius 3 is 1.93 bits per heavy atom. The van der Waals surface area contributed by atoms with Crippen LogP contribution < -0.4 is 5.73 Å². The monoisotopic (exact) mass is 808 g/mol. The van der Waals surface area contributed by atoms with E-state index in [1.165, 1.54) is 36.9 Å². The van der Waals surface area contributed by atoms with Gasteiger partial charge in [0.1, 0.15) is 11.2 Å². The molecule has 0 aliphatic rings. The van der Waals surface area contributed by atoms with Gasteiger partial charge in [-0.2, -0.15) is 0 Å². The molecule has 0 aliphatic heterocycles. The lowest BCUT2D eigenvalue weighted by atomic mass is 9.81. The lowest BCUT2D eigenvalue weighted by Gasteiger charge is -2.21. The minimum atomic E-state index is -0.996. The number of benzene rings is 7. The van der Waals surface area contributed by atoms with Gasteiger partial charge in [0.15, 0.2) is 11.5 Å². The van der Waals surface area contributed by atoms with Crippen molar-refractivity contribution in [2.75, 3.05) is 0 Å². The fourth-order valence-corrected chi connectivity index (χ4v) is 9.10. The minimum absolute atomic E-state index is 0.0551. The van der Waals surface area contributed by atoms with Crippen molar-refractivity contribution in [1.29, 1.82) is 5.41 Å². The van der Waals surface area contributed by atoms with Crippen LogP contribution in [0.25, 0.3) is 64.4 Å². The first-order valence-corrected chi connectivity index (χ1v) is 19.9. The quantitative estimate of drug-likeness (QED) is 0.0200. The zero-order valence-corrected chi connectivity index (χ0v) is 33.2. The second kappa shape index (κ2) is 16.2. The van der Waals surface area contributed by atoms with Gasteiger partial charge >= 0.3 is 0 Å². The molecule has 8 nitrogen and oxygen atoms in total. The molecule has 8 N–H and O–H groups in total. The molecule has 0 saturated carbocycles. The maximum Gasteiger partial charge on any atom is 0.208 e. The zero-order chi connectivity index (χ0) is 42.1. The number of para-hydroxylation sites is 1. The van der Waals surface area contributed by atoms with Gasteiger partial charge in [0.2, 0.25) is 17.2 Å². The van der Waals surface area contributed by atoms with Crippen molar-refractivity contribution in [2.45, 2.75) is 12.8 Å². The third kappa shape index (κ3) is 6.86. The van der Waals surface area contributed by atoms with E-state index in [2.05, 4.69) is 122 Å². The number of hydrogen-bond donors (Lipinski definition) is 7. The maximum absolute atomic E-state index is 10.4. The lowest BCUT2D eigenvalue weighted by Crippen LogP contribution is -2.04. The Balaban J connectivity index is 0.00000162. The van der Waals surface area contributed by atoms with Gasteiger partial charge in [-0.3, -0.25) is 5.41 Å². The summed E-state index contributed by atoms with van der Waals surface area (Å²) < 4.78 is 8.80. The van der Waals surface area contributed by atoms with E-state index >= 15 is 0 Å². The Labute approximate surface area is 349 Å². The molecule has 9 rings (SSSR count). The van der Waals surface area contributed by atoms with Crippen LogP contribution >= 0.6 is 11.3 Å². The third-order valence-corrected chi connectivity index (χ3v) is 11.9. The molecule has 0 aliphatic carbocycles. The molecule has 296 valence electrons. The molecule has 9 aromatic rings. The van der Waals surface area contributed by atoms with Gasteiger partial charge in [0, 0.05) is 36.9 Å². The molecule has 2 aromatic heterocycles. The maximum atomic E-state index is 10.4. The molecular weight excluding hydrogens is 769 g/mol. The smallest absolute Gasteiger partial charge is 0.208 e. The number of rotatable bonds is 8. The molecule has 0 spiro atoms. The standard InChI is InChI=1S/C50H36O6S.CH4N2/c1-3-29(20-19-28(2)42-46(51)48(53)50(55)49(54)47(42)52)30-21-23-31(24-22-30)33-25-26-40-37(27-33)45-36(15-10-18-41(45)57-40)43(32-11-5-4-6-12-32)35-14-9-17-39-44(35)34-13-7-8-16-38(34)56-39;2-1-3/h3-27,43,51-55H,1H2,2H3;1H,(H3,2,3)/b28-19+,29-20+;. The van der Waals surface area contributed by atoms with Crippen LogP contribution in [-0.2, 0) is 0 Å². The molecule has 0 saturated heterocycles. The van der Waals surface area contributed by atoms with Gasteiger partial charge in [-0.25, -0.2) is 0 Å². The number of nitrogens with one attached hydrogen (secondary N) is 1. The fourth-order valence-electron chi connectivity index (χ4n) is 7.98. The molecule has 60 heavy (non-hydrogen) atoms. The third-order valence-electron chi connectivity index (χ3n) is 10.8. The van der Waals surface area contributed by atoms with Crippen LogP contribution in [0.3, 0.4) is 0 Å².